The van der Waals surface area contributed by atoms with Crippen molar-refractivity contribution < 1.29 is 0 Å². The molecule has 4 heteroatoms. The highest BCUT2D eigenvalue weighted by atomic mass is 15.3. The van der Waals surface area contributed by atoms with Gasteiger partial charge in [0.15, 0.2) is 5.96 Å². The molecule has 0 bridgehead atoms. The molecule has 23 heavy (non-hydrogen) atoms. The normalized spacial score (nSPS) is 25.8. The smallest absolute Gasteiger partial charge is 0.193 e. The molecule has 3 rings (SSSR count). The molecule has 0 amide bonds. The summed E-state index contributed by atoms with van der Waals surface area (Å²) in [6.07, 6.45) is 9.64. The lowest BCUT2D eigenvalue weighted by atomic mass is 9.68. The van der Waals surface area contributed by atoms with E-state index < -0.39 is 0 Å². The van der Waals surface area contributed by atoms with E-state index in [-0.39, 0.29) is 0 Å². The van der Waals surface area contributed by atoms with Crippen molar-refractivity contribution in [2.75, 3.05) is 45.8 Å². The third kappa shape index (κ3) is 4.20. The topological polar surface area (TPSA) is 30.9 Å². The standard InChI is InChI=1S/C19H36N4/c1-3-11-22-12-6-17(7-13-22)15-21-18(20-4-2)23-14-10-19(16-23)8-5-9-19/h17H,3-16H2,1-2H3,(H,20,21). The van der Waals surface area contributed by atoms with Crippen LogP contribution in [-0.4, -0.2) is 61.6 Å². The van der Waals surface area contributed by atoms with E-state index in [9.17, 15) is 0 Å². The van der Waals surface area contributed by atoms with Crippen LogP contribution in [0.3, 0.4) is 0 Å². The van der Waals surface area contributed by atoms with E-state index in [1.807, 2.05) is 0 Å². The predicted molar refractivity (Wildman–Crippen MR) is 97.9 cm³/mol. The van der Waals surface area contributed by atoms with Crippen LogP contribution in [0.4, 0.5) is 0 Å². The van der Waals surface area contributed by atoms with Crippen molar-refractivity contribution >= 4 is 5.96 Å². The quantitative estimate of drug-likeness (QED) is 0.624. The van der Waals surface area contributed by atoms with E-state index in [0.717, 1.165) is 19.0 Å². The summed E-state index contributed by atoms with van der Waals surface area (Å²) in [6.45, 7) is 12.7. The lowest BCUT2D eigenvalue weighted by molar-refractivity contribution is 0.151. The summed E-state index contributed by atoms with van der Waals surface area (Å²) >= 11 is 0. The van der Waals surface area contributed by atoms with Crippen LogP contribution in [0.2, 0.25) is 0 Å². The van der Waals surface area contributed by atoms with Crippen LogP contribution in [0.1, 0.15) is 58.8 Å². The summed E-state index contributed by atoms with van der Waals surface area (Å²) in [7, 11) is 0. The van der Waals surface area contributed by atoms with Crippen LogP contribution in [0.25, 0.3) is 0 Å². The first-order valence-corrected chi connectivity index (χ1v) is 10.0. The summed E-state index contributed by atoms with van der Waals surface area (Å²) < 4.78 is 0. The van der Waals surface area contributed by atoms with Gasteiger partial charge in [-0.2, -0.15) is 0 Å². The number of nitrogens with zero attached hydrogens (tertiary/aromatic N) is 3. The lowest BCUT2D eigenvalue weighted by Gasteiger charge is -2.38. The molecule has 2 saturated heterocycles. The minimum absolute atomic E-state index is 0.654. The molecule has 132 valence electrons. The maximum absolute atomic E-state index is 5.03. The molecular formula is C19H36N4. The molecule has 1 spiro atoms. The maximum atomic E-state index is 5.03. The molecule has 2 aliphatic heterocycles. The first kappa shape index (κ1) is 17.1. The van der Waals surface area contributed by atoms with Crippen LogP contribution in [0, 0.1) is 11.3 Å². The van der Waals surface area contributed by atoms with Gasteiger partial charge >= 0.3 is 0 Å². The van der Waals surface area contributed by atoms with Crippen LogP contribution >= 0.6 is 0 Å². The summed E-state index contributed by atoms with van der Waals surface area (Å²) in [5.74, 6) is 1.98. The molecule has 0 atom stereocenters. The monoisotopic (exact) mass is 320 g/mol. The molecule has 1 N–H and O–H groups in total. The second-order valence-electron chi connectivity index (χ2n) is 8.00. The number of rotatable bonds is 5. The SMILES string of the molecule is CCCN1CCC(CN=C(NCC)N2CCC3(CCC3)C2)CC1. The molecule has 0 radical (unpaired) electrons. The Labute approximate surface area is 142 Å². The lowest BCUT2D eigenvalue weighted by Crippen LogP contribution is -2.43. The Morgan fingerprint density at radius 3 is 2.48 bits per heavy atom. The molecule has 2 heterocycles. The Kier molecular flexibility index (Phi) is 5.84. The Morgan fingerprint density at radius 1 is 1.13 bits per heavy atom. The zero-order valence-electron chi connectivity index (χ0n) is 15.3. The zero-order chi connectivity index (χ0) is 16.1. The van der Waals surface area contributed by atoms with Crippen molar-refractivity contribution in [3.8, 4) is 0 Å². The number of hydrogen-bond acceptors (Lipinski definition) is 2. The number of likely N-dealkylation sites (tertiary alicyclic amines) is 2. The van der Waals surface area contributed by atoms with Crippen molar-refractivity contribution in [2.45, 2.75) is 58.8 Å². The molecule has 0 aromatic carbocycles. The van der Waals surface area contributed by atoms with E-state index in [0.29, 0.717) is 5.41 Å². The fourth-order valence-electron chi connectivity index (χ4n) is 4.55. The third-order valence-corrected chi connectivity index (χ3v) is 6.23. The summed E-state index contributed by atoms with van der Waals surface area (Å²) in [5, 5.41) is 3.54. The van der Waals surface area contributed by atoms with Gasteiger partial charge in [-0.3, -0.25) is 4.99 Å². The minimum Gasteiger partial charge on any atom is -0.357 e. The number of piperidine rings is 1. The summed E-state index contributed by atoms with van der Waals surface area (Å²) in [5.41, 5.74) is 0.654. The fourth-order valence-corrected chi connectivity index (χ4v) is 4.55. The van der Waals surface area contributed by atoms with Crippen LogP contribution in [0.15, 0.2) is 4.99 Å². The molecule has 1 aliphatic carbocycles. The van der Waals surface area contributed by atoms with Crippen molar-refractivity contribution in [3.63, 3.8) is 0 Å². The highest BCUT2D eigenvalue weighted by molar-refractivity contribution is 5.80. The van der Waals surface area contributed by atoms with Gasteiger partial charge in [0.25, 0.3) is 0 Å². The molecule has 1 saturated carbocycles. The van der Waals surface area contributed by atoms with Gasteiger partial charge in [0, 0.05) is 26.2 Å². The van der Waals surface area contributed by atoms with Crippen molar-refractivity contribution in [1.82, 2.24) is 15.1 Å². The van der Waals surface area contributed by atoms with Gasteiger partial charge in [0.05, 0.1) is 0 Å². The number of hydrogen-bond donors (Lipinski definition) is 1. The largest absolute Gasteiger partial charge is 0.357 e. The van der Waals surface area contributed by atoms with Crippen molar-refractivity contribution in [3.05, 3.63) is 0 Å². The van der Waals surface area contributed by atoms with Crippen LogP contribution in [-0.2, 0) is 0 Å². The second-order valence-corrected chi connectivity index (χ2v) is 8.00. The van der Waals surface area contributed by atoms with Gasteiger partial charge < -0.3 is 15.1 Å². The molecule has 0 aromatic rings. The molecule has 3 aliphatic rings. The molecule has 4 nitrogen and oxygen atoms in total. The average molecular weight is 321 g/mol. The van der Waals surface area contributed by atoms with Crippen LogP contribution in [0.5, 0.6) is 0 Å². The van der Waals surface area contributed by atoms with E-state index in [1.54, 1.807) is 0 Å². The van der Waals surface area contributed by atoms with Gasteiger partial charge in [-0.15, -0.1) is 0 Å². The Balaban J connectivity index is 1.49. The van der Waals surface area contributed by atoms with E-state index >= 15 is 0 Å². The minimum atomic E-state index is 0.654. The van der Waals surface area contributed by atoms with Gasteiger partial charge in [0.2, 0.25) is 0 Å². The average Bonchev–Trinajstić information content (AvgIpc) is 2.99. The first-order valence-electron chi connectivity index (χ1n) is 10.0. The zero-order valence-corrected chi connectivity index (χ0v) is 15.3. The Bertz CT molecular complexity index is 394. The predicted octanol–water partition coefficient (Wildman–Crippen LogP) is 2.95. The summed E-state index contributed by atoms with van der Waals surface area (Å²) in [6, 6.07) is 0. The highest BCUT2D eigenvalue weighted by Gasteiger charge is 2.43. The maximum Gasteiger partial charge on any atom is 0.193 e. The molecule has 3 fully saturated rings. The summed E-state index contributed by atoms with van der Waals surface area (Å²) in [4.78, 5) is 10.2. The Morgan fingerprint density at radius 2 is 1.91 bits per heavy atom. The number of aliphatic imine (C=N–C) groups is 1. The highest BCUT2D eigenvalue weighted by Crippen LogP contribution is 2.47. The van der Waals surface area contributed by atoms with Gasteiger partial charge in [-0.1, -0.05) is 13.3 Å². The first-order chi connectivity index (χ1) is 11.2. The van der Waals surface area contributed by atoms with E-state index in [2.05, 4.69) is 29.0 Å². The molecular weight excluding hydrogens is 284 g/mol. The van der Waals surface area contributed by atoms with Gasteiger partial charge in [-0.05, 0) is 76.4 Å². The number of nitrogens with one attached hydrogen (secondary N) is 1. The molecule has 0 aromatic heterocycles. The second kappa shape index (κ2) is 7.87. The molecule has 0 unspecified atom stereocenters. The number of guanidine groups is 1. The van der Waals surface area contributed by atoms with Crippen molar-refractivity contribution in [1.29, 1.82) is 0 Å². The van der Waals surface area contributed by atoms with Gasteiger partial charge in [0.1, 0.15) is 0 Å². The third-order valence-electron chi connectivity index (χ3n) is 6.23. The van der Waals surface area contributed by atoms with E-state index in [1.165, 1.54) is 83.6 Å². The van der Waals surface area contributed by atoms with Gasteiger partial charge in [-0.25, -0.2) is 0 Å². The Hall–Kier alpha value is -0.770. The fraction of sp³-hybridized carbons (Fsp3) is 0.947. The van der Waals surface area contributed by atoms with E-state index in [4.69, 9.17) is 4.99 Å². The van der Waals surface area contributed by atoms with Crippen LogP contribution < -0.4 is 5.32 Å². The van der Waals surface area contributed by atoms with Crippen molar-refractivity contribution in [2.24, 2.45) is 16.3 Å².